The number of nitrogens with zero attached hydrogens (tertiary/aromatic N) is 2. The van der Waals surface area contributed by atoms with Crippen LogP contribution in [0, 0.1) is 17.5 Å². The summed E-state index contributed by atoms with van der Waals surface area (Å²) in [4.78, 5) is 7.58. The Balaban J connectivity index is 2.34. The lowest BCUT2D eigenvalue weighted by atomic mass is 10.3. The van der Waals surface area contributed by atoms with Gasteiger partial charge in [0.2, 0.25) is 0 Å². The first-order chi connectivity index (χ1) is 8.08. The topological polar surface area (TPSA) is 37.8 Å². The van der Waals surface area contributed by atoms with Gasteiger partial charge in [0.15, 0.2) is 17.5 Å². The summed E-state index contributed by atoms with van der Waals surface area (Å²) in [5.74, 6) is -3.71. The number of anilines is 2. The molecular formula is C10H5BrF3N3. The van der Waals surface area contributed by atoms with Crippen molar-refractivity contribution in [3.05, 3.63) is 46.6 Å². The van der Waals surface area contributed by atoms with E-state index in [0.29, 0.717) is 10.3 Å². The minimum Gasteiger partial charge on any atom is -0.339 e. The molecule has 1 N–H and O–H groups in total. The maximum atomic E-state index is 12.9. The van der Waals surface area contributed by atoms with Crippen LogP contribution in [0.3, 0.4) is 0 Å². The Hall–Kier alpha value is -1.63. The first-order valence-electron chi connectivity index (χ1n) is 4.45. The van der Waals surface area contributed by atoms with E-state index in [9.17, 15) is 13.2 Å². The number of halogens is 4. The summed E-state index contributed by atoms with van der Waals surface area (Å²) in [6.07, 6.45) is 2.73. The van der Waals surface area contributed by atoms with E-state index in [4.69, 9.17) is 0 Å². The second-order valence-corrected chi connectivity index (χ2v) is 3.95. The lowest BCUT2D eigenvalue weighted by Gasteiger charge is -2.07. The van der Waals surface area contributed by atoms with Crippen LogP contribution in [0.15, 0.2) is 29.1 Å². The Labute approximate surface area is 103 Å². The van der Waals surface area contributed by atoms with Crippen LogP contribution in [-0.2, 0) is 0 Å². The molecule has 0 aliphatic heterocycles. The fraction of sp³-hybridized carbons (Fsp3) is 0. The number of benzene rings is 1. The number of nitrogens with one attached hydrogen (secondary N) is 1. The third-order valence-corrected chi connectivity index (χ3v) is 2.49. The molecule has 88 valence electrons. The highest BCUT2D eigenvalue weighted by atomic mass is 79.9. The van der Waals surface area contributed by atoms with Gasteiger partial charge in [0.05, 0.1) is 4.47 Å². The fourth-order valence-electron chi connectivity index (χ4n) is 1.17. The number of rotatable bonds is 2. The van der Waals surface area contributed by atoms with E-state index in [1.807, 2.05) is 0 Å². The molecule has 0 aliphatic carbocycles. The maximum absolute atomic E-state index is 12.9. The van der Waals surface area contributed by atoms with Crippen molar-refractivity contribution in [3.8, 4) is 0 Å². The van der Waals surface area contributed by atoms with Crippen LogP contribution in [0.2, 0.25) is 0 Å². The molecule has 7 heteroatoms. The summed E-state index contributed by atoms with van der Waals surface area (Å²) < 4.78 is 39.1. The van der Waals surface area contributed by atoms with Crippen molar-refractivity contribution in [2.24, 2.45) is 0 Å². The molecule has 1 aromatic carbocycles. The summed E-state index contributed by atoms with van der Waals surface area (Å²) in [5.41, 5.74) is 0.0563. The molecule has 0 bridgehead atoms. The van der Waals surface area contributed by atoms with E-state index in [2.05, 4.69) is 31.2 Å². The Morgan fingerprint density at radius 2 is 1.76 bits per heavy atom. The van der Waals surface area contributed by atoms with Crippen LogP contribution < -0.4 is 5.32 Å². The van der Waals surface area contributed by atoms with E-state index >= 15 is 0 Å². The molecule has 0 saturated heterocycles. The molecule has 1 heterocycles. The van der Waals surface area contributed by atoms with Gasteiger partial charge in [0.1, 0.15) is 12.1 Å². The summed E-state index contributed by atoms with van der Waals surface area (Å²) in [6.45, 7) is 0. The molecule has 2 aromatic rings. The Morgan fingerprint density at radius 3 is 2.35 bits per heavy atom. The maximum Gasteiger partial charge on any atom is 0.194 e. The van der Waals surface area contributed by atoms with Crippen LogP contribution in [0.4, 0.5) is 24.7 Å². The zero-order chi connectivity index (χ0) is 12.4. The van der Waals surface area contributed by atoms with Gasteiger partial charge in [-0.15, -0.1) is 0 Å². The molecule has 2 rings (SSSR count). The number of hydrogen-bond donors (Lipinski definition) is 1. The summed E-state index contributed by atoms with van der Waals surface area (Å²) in [6, 6.07) is 1.68. The van der Waals surface area contributed by atoms with Gasteiger partial charge >= 0.3 is 0 Å². The molecule has 3 nitrogen and oxygen atoms in total. The lowest BCUT2D eigenvalue weighted by Crippen LogP contribution is -1.98. The minimum absolute atomic E-state index is 0.0563. The first-order valence-corrected chi connectivity index (χ1v) is 5.24. The molecule has 1 aromatic heterocycles. The van der Waals surface area contributed by atoms with Gasteiger partial charge in [-0.25, -0.2) is 23.1 Å². The van der Waals surface area contributed by atoms with Crippen molar-refractivity contribution in [2.45, 2.75) is 0 Å². The predicted molar refractivity (Wildman–Crippen MR) is 59.3 cm³/mol. The van der Waals surface area contributed by atoms with Gasteiger partial charge in [-0.3, -0.25) is 0 Å². The van der Waals surface area contributed by atoms with Gasteiger partial charge < -0.3 is 5.32 Å². The minimum atomic E-state index is -1.50. The van der Waals surface area contributed by atoms with Crippen LogP contribution in [0.25, 0.3) is 0 Å². The standard InChI is InChI=1S/C10H5BrF3N3/c11-6-3-15-4-16-10(6)17-5-1-7(12)9(14)8(13)2-5/h1-4H,(H,15,16,17). The largest absolute Gasteiger partial charge is 0.339 e. The lowest BCUT2D eigenvalue weighted by molar-refractivity contribution is 0.448. The predicted octanol–water partition coefficient (Wildman–Crippen LogP) is 3.40. The smallest absolute Gasteiger partial charge is 0.194 e. The SMILES string of the molecule is Fc1cc(Nc2ncncc2Br)cc(F)c1F. The van der Waals surface area contributed by atoms with E-state index in [0.717, 1.165) is 12.1 Å². The first kappa shape index (κ1) is 11.8. The van der Waals surface area contributed by atoms with Crippen molar-refractivity contribution < 1.29 is 13.2 Å². The molecule has 0 atom stereocenters. The monoisotopic (exact) mass is 303 g/mol. The van der Waals surface area contributed by atoms with Crippen molar-refractivity contribution in [1.82, 2.24) is 9.97 Å². The summed E-state index contributed by atoms with van der Waals surface area (Å²) in [5, 5.41) is 2.64. The van der Waals surface area contributed by atoms with Crippen molar-refractivity contribution in [1.29, 1.82) is 0 Å². The molecule has 0 radical (unpaired) electrons. The molecule has 0 saturated carbocycles. The quantitative estimate of drug-likeness (QED) is 0.864. The third kappa shape index (κ3) is 2.55. The van der Waals surface area contributed by atoms with E-state index in [1.54, 1.807) is 0 Å². The Morgan fingerprint density at radius 1 is 1.12 bits per heavy atom. The molecule has 0 unspecified atom stereocenters. The normalized spacial score (nSPS) is 10.4. The van der Waals surface area contributed by atoms with E-state index < -0.39 is 17.5 Å². The van der Waals surface area contributed by atoms with E-state index in [1.165, 1.54) is 12.5 Å². The average molecular weight is 304 g/mol. The number of aromatic nitrogens is 2. The van der Waals surface area contributed by atoms with Gasteiger partial charge in [0.25, 0.3) is 0 Å². The average Bonchev–Trinajstić information content (AvgIpc) is 2.29. The second kappa shape index (κ2) is 4.70. The highest BCUT2D eigenvalue weighted by Crippen LogP contribution is 2.24. The van der Waals surface area contributed by atoms with E-state index in [-0.39, 0.29) is 5.69 Å². The van der Waals surface area contributed by atoms with Crippen molar-refractivity contribution >= 4 is 27.4 Å². The molecular weight excluding hydrogens is 299 g/mol. The van der Waals surface area contributed by atoms with Gasteiger partial charge in [-0.1, -0.05) is 0 Å². The highest BCUT2D eigenvalue weighted by Gasteiger charge is 2.11. The molecule has 17 heavy (non-hydrogen) atoms. The van der Waals surface area contributed by atoms with Crippen LogP contribution in [0.1, 0.15) is 0 Å². The van der Waals surface area contributed by atoms with Crippen LogP contribution >= 0.6 is 15.9 Å². The summed E-state index contributed by atoms with van der Waals surface area (Å²) >= 11 is 3.16. The Kier molecular flexibility index (Phi) is 3.28. The zero-order valence-electron chi connectivity index (χ0n) is 8.22. The summed E-state index contributed by atoms with van der Waals surface area (Å²) in [7, 11) is 0. The van der Waals surface area contributed by atoms with Crippen molar-refractivity contribution in [3.63, 3.8) is 0 Å². The zero-order valence-corrected chi connectivity index (χ0v) is 9.80. The van der Waals surface area contributed by atoms with Crippen LogP contribution in [-0.4, -0.2) is 9.97 Å². The second-order valence-electron chi connectivity index (χ2n) is 3.10. The number of hydrogen-bond acceptors (Lipinski definition) is 3. The molecule has 0 fully saturated rings. The third-order valence-electron chi connectivity index (χ3n) is 1.91. The Bertz CT molecular complexity index is 539. The molecule has 0 aliphatic rings. The van der Waals surface area contributed by atoms with Crippen molar-refractivity contribution in [2.75, 3.05) is 5.32 Å². The van der Waals surface area contributed by atoms with Gasteiger partial charge in [-0.2, -0.15) is 0 Å². The van der Waals surface area contributed by atoms with Gasteiger partial charge in [0, 0.05) is 24.0 Å². The van der Waals surface area contributed by atoms with Gasteiger partial charge in [-0.05, 0) is 15.9 Å². The van der Waals surface area contributed by atoms with Crippen LogP contribution in [0.5, 0.6) is 0 Å². The fourth-order valence-corrected chi connectivity index (χ4v) is 1.49. The highest BCUT2D eigenvalue weighted by molar-refractivity contribution is 9.10. The molecule has 0 amide bonds. The molecule has 0 spiro atoms.